The zero-order valence-electron chi connectivity index (χ0n) is 7.97. The van der Waals surface area contributed by atoms with E-state index < -0.39 is 0 Å². The molecule has 1 aliphatic rings. The predicted molar refractivity (Wildman–Crippen MR) is 61.3 cm³/mol. The van der Waals surface area contributed by atoms with Gasteiger partial charge in [-0.3, -0.25) is 4.99 Å². The number of rotatable bonds is 1. The molecular weight excluding hydrogens is 196 g/mol. The maximum atomic E-state index is 9.36. The summed E-state index contributed by atoms with van der Waals surface area (Å²) in [5.74, 6) is 0.301. The average molecular weight is 208 g/mol. The molecule has 1 aromatic rings. The molecule has 2 rings (SSSR count). The van der Waals surface area contributed by atoms with Gasteiger partial charge in [0, 0.05) is 18.3 Å². The number of nitrogens with zero attached hydrogens (tertiary/aromatic N) is 2. The van der Waals surface area contributed by atoms with Gasteiger partial charge in [0.25, 0.3) is 0 Å². The van der Waals surface area contributed by atoms with E-state index in [4.69, 9.17) is 0 Å². The molecule has 0 saturated carbocycles. The molecule has 0 radical (unpaired) electrons. The topological polar surface area (TPSA) is 35.8 Å². The third-order valence-electron chi connectivity index (χ3n) is 2.13. The van der Waals surface area contributed by atoms with Crippen LogP contribution in [0.2, 0.25) is 0 Å². The van der Waals surface area contributed by atoms with Crippen molar-refractivity contribution in [1.82, 2.24) is 0 Å². The van der Waals surface area contributed by atoms with E-state index >= 15 is 0 Å². The first-order valence-corrected chi connectivity index (χ1v) is 5.69. The number of amidine groups is 1. The van der Waals surface area contributed by atoms with Crippen molar-refractivity contribution in [1.29, 1.82) is 0 Å². The molecule has 1 aliphatic heterocycles. The van der Waals surface area contributed by atoms with Crippen molar-refractivity contribution in [3.8, 4) is 5.75 Å². The highest BCUT2D eigenvalue weighted by atomic mass is 32.2. The summed E-state index contributed by atoms with van der Waals surface area (Å²) < 4.78 is 0. The molecule has 0 bridgehead atoms. The molecule has 1 heterocycles. The Balaban J connectivity index is 2.27. The number of phenols is 1. The highest BCUT2D eigenvalue weighted by Crippen LogP contribution is 2.24. The van der Waals surface area contributed by atoms with Crippen LogP contribution in [0.1, 0.15) is 0 Å². The first kappa shape index (κ1) is 9.40. The second-order valence-corrected chi connectivity index (χ2v) is 3.81. The fourth-order valence-electron chi connectivity index (χ4n) is 1.50. The van der Waals surface area contributed by atoms with Crippen LogP contribution in [0.5, 0.6) is 5.75 Å². The van der Waals surface area contributed by atoms with Gasteiger partial charge < -0.3 is 10.0 Å². The van der Waals surface area contributed by atoms with Crippen molar-refractivity contribution in [2.45, 2.75) is 0 Å². The minimum Gasteiger partial charge on any atom is -0.508 e. The second kappa shape index (κ2) is 3.92. The summed E-state index contributed by atoms with van der Waals surface area (Å²) in [4.78, 5) is 6.48. The molecule has 0 aliphatic carbocycles. The zero-order chi connectivity index (χ0) is 9.97. The number of benzene rings is 1. The van der Waals surface area contributed by atoms with E-state index in [0.717, 1.165) is 23.9 Å². The Morgan fingerprint density at radius 2 is 2.36 bits per heavy atom. The lowest BCUT2D eigenvalue weighted by molar-refractivity contribution is 0.475. The van der Waals surface area contributed by atoms with Crippen LogP contribution in [-0.4, -0.2) is 29.6 Å². The largest absolute Gasteiger partial charge is 0.508 e. The van der Waals surface area contributed by atoms with Crippen LogP contribution in [0.15, 0.2) is 29.3 Å². The van der Waals surface area contributed by atoms with E-state index in [1.54, 1.807) is 23.9 Å². The number of phenolic OH excluding ortho intramolecular Hbond substituents is 1. The maximum absolute atomic E-state index is 9.36. The summed E-state index contributed by atoms with van der Waals surface area (Å²) in [7, 11) is 0. The monoisotopic (exact) mass is 208 g/mol. The van der Waals surface area contributed by atoms with E-state index in [2.05, 4.69) is 9.89 Å². The second-order valence-electron chi connectivity index (χ2n) is 3.04. The highest BCUT2D eigenvalue weighted by molar-refractivity contribution is 8.13. The van der Waals surface area contributed by atoms with Crippen LogP contribution in [0.4, 0.5) is 5.69 Å². The van der Waals surface area contributed by atoms with Gasteiger partial charge >= 0.3 is 0 Å². The van der Waals surface area contributed by atoms with E-state index in [0.29, 0.717) is 5.75 Å². The van der Waals surface area contributed by atoms with Crippen LogP contribution in [0, 0.1) is 0 Å². The highest BCUT2D eigenvalue weighted by Gasteiger charge is 2.17. The molecule has 1 aromatic carbocycles. The third kappa shape index (κ3) is 1.70. The summed E-state index contributed by atoms with van der Waals surface area (Å²) in [6, 6.07) is 7.27. The van der Waals surface area contributed by atoms with Gasteiger partial charge in [0.1, 0.15) is 5.75 Å². The molecule has 0 unspecified atom stereocenters. The minimum atomic E-state index is 0.301. The summed E-state index contributed by atoms with van der Waals surface area (Å²) in [6.45, 7) is 1.74. The Kier molecular flexibility index (Phi) is 2.63. The lowest BCUT2D eigenvalue weighted by atomic mass is 10.3. The molecule has 0 aromatic heterocycles. The number of hydrogen-bond acceptors (Lipinski definition) is 4. The molecule has 0 saturated heterocycles. The van der Waals surface area contributed by atoms with Crippen molar-refractivity contribution in [2.75, 3.05) is 24.2 Å². The Bertz CT molecular complexity index is 365. The number of hydrogen-bond donors (Lipinski definition) is 1. The van der Waals surface area contributed by atoms with Gasteiger partial charge in [-0.15, -0.1) is 0 Å². The first-order valence-electron chi connectivity index (χ1n) is 4.46. The van der Waals surface area contributed by atoms with Gasteiger partial charge in [-0.2, -0.15) is 0 Å². The van der Waals surface area contributed by atoms with E-state index in [1.807, 2.05) is 18.4 Å². The zero-order valence-corrected chi connectivity index (χ0v) is 8.79. The van der Waals surface area contributed by atoms with Crippen molar-refractivity contribution < 1.29 is 5.11 Å². The number of aromatic hydroxyl groups is 1. The summed E-state index contributed by atoms with van der Waals surface area (Å²) in [6.07, 6.45) is 2.01. The van der Waals surface area contributed by atoms with Crippen molar-refractivity contribution >= 4 is 22.6 Å². The van der Waals surface area contributed by atoms with Crippen LogP contribution >= 0.6 is 11.8 Å². The van der Waals surface area contributed by atoms with Crippen LogP contribution in [0.25, 0.3) is 0 Å². The smallest absolute Gasteiger partial charge is 0.163 e. The van der Waals surface area contributed by atoms with Gasteiger partial charge in [0.05, 0.1) is 6.54 Å². The van der Waals surface area contributed by atoms with Crippen molar-refractivity contribution in [3.05, 3.63) is 24.3 Å². The SMILES string of the molecule is CSC1=NCCN1c1cccc(O)c1. The van der Waals surface area contributed by atoms with E-state index in [9.17, 15) is 5.11 Å². The quantitative estimate of drug-likeness (QED) is 0.766. The Hall–Kier alpha value is -1.16. The van der Waals surface area contributed by atoms with Crippen LogP contribution in [-0.2, 0) is 0 Å². The number of anilines is 1. The molecule has 0 atom stereocenters. The molecule has 0 fully saturated rings. The van der Waals surface area contributed by atoms with Gasteiger partial charge in [0.15, 0.2) is 5.17 Å². The van der Waals surface area contributed by atoms with Gasteiger partial charge in [0.2, 0.25) is 0 Å². The predicted octanol–water partition coefficient (Wildman–Crippen LogP) is 1.93. The van der Waals surface area contributed by atoms with Crippen molar-refractivity contribution in [2.24, 2.45) is 4.99 Å². The Morgan fingerprint density at radius 3 is 3.07 bits per heavy atom. The fraction of sp³-hybridized carbons (Fsp3) is 0.300. The average Bonchev–Trinajstić information content (AvgIpc) is 2.65. The first-order chi connectivity index (χ1) is 6.81. The third-order valence-corrected chi connectivity index (χ3v) is 2.84. The molecule has 14 heavy (non-hydrogen) atoms. The van der Waals surface area contributed by atoms with Crippen LogP contribution in [0.3, 0.4) is 0 Å². The molecule has 3 nitrogen and oxygen atoms in total. The molecular formula is C10H12N2OS. The van der Waals surface area contributed by atoms with E-state index in [-0.39, 0.29) is 0 Å². The van der Waals surface area contributed by atoms with Gasteiger partial charge in [-0.05, 0) is 18.4 Å². The van der Waals surface area contributed by atoms with Crippen LogP contribution < -0.4 is 4.90 Å². The summed E-state index contributed by atoms with van der Waals surface area (Å²) in [5, 5.41) is 10.4. The number of aliphatic imine (C=N–C) groups is 1. The maximum Gasteiger partial charge on any atom is 0.163 e. The lowest BCUT2D eigenvalue weighted by Gasteiger charge is -2.18. The Morgan fingerprint density at radius 1 is 1.50 bits per heavy atom. The van der Waals surface area contributed by atoms with Crippen molar-refractivity contribution in [3.63, 3.8) is 0 Å². The Labute approximate surface area is 87.5 Å². The molecule has 0 spiro atoms. The van der Waals surface area contributed by atoms with Gasteiger partial charge in [-0.25, -0.2) is 0 Å². The summed E-state index contributed by atoms with van der Waals surface area (Å²) in [5.41, 5.74) is 1.01. The van der Waals surface area contributed by atoms with Gasteiger partial charge in [-0.1, -0.05) is 17.8 Å². The molecule has 4 heteroatoms. The standard InChI is InChI=1S/C10H12N2OS/c1-14-10-11-5-6-12(10)8-3-2-4-9(13)7-8/h2-4,7,13H,5-6H2,1H3. The fourth-order valence-corrected chi connectivity index (χ4v) is 2.14. The molecule has 0 amide bonds. The molecule has 74 valence electrons. The molecule has 1 N–H and O–H groups in total. The van der Waals surface area contributed by atoms with E-state index in [1.165, 1.54) is 0 Å². The summed E-state index contributed by atoms with van der Waals surface area (Å²) >= 11 is 1.64. The number of thioether (sulfide) groups is 1. The lowest BCUT2D eigenvalue weighted by Crippen LogP contribution is -2.24. The normalized spacial score (nSPS) is 15.8. The minimum absolute atomic E-state index is 0.301.